The second-order valence-corrected chi connectivity index (χ2v) is 5.58. The molecule has 3 rings (SSSR count). The van der Waals surface area contributed by atoms with E-state index in [1.807, 2.05) is 16.8 Å². The van der Waals surface area contributed by atoms with Crippen LogP contribution >= 0.6 is 11.6 Å². The van der Waals surface area contributed by atoms with E-state index in [4.69, 9.17) is 17.3 Å². The maximum absolute atomic E-state index is 6.06. The van der Waals surface area contributed by atoms with Crippen LogP contribution in [-0.2, 0) is 13.0 Å². The molecule has 0 aliphatic rings. The minimum Gasteiger partial charge on any atom is -0.382 e. The summed E-state index contributed by atoms with van der Waals surface area (Å²) in [7, 11) is 0. The van der Waals surface area contributed by atoms with Crippen LogP contribution in [0, 0.1) is 0 Å². The average molecular weight is 303 g/mol. The summed E-state index contributed by atoms with van der Waals surface area (Å²) in [5.41, 5.74) is 9.10. The molecule has 0 aliphatic carbocycles. The molecule has 0 atom stereocenters. The maximum atomic E-state index is 6.06. The minimum atomic E-state index is 0.502. The van der Waals surface area contributed by atoms with Gasteiger partial charge in [0.2, 0.25) is 0 Å². The van der Waals surface area contributed by atoms with Crippen molar-refractivity contribution in [1.29, 1.82) is 0 Å². The Morgan fingerprint density at radius 1 is 1.29 bits per heavy atom. The minimum absolute atomic E-state index is 0.502. The van der Waals surface area contributed by atoms with E-state index in [1.165, 1.54) is 10.9 Å². The number of pyridine rings is 1. The van der Waals surface area contributed by atoms with Crippen LogP contribution < -0.4 is 5.73 Å². The fourth-order valence-electron chi connectivity index (χ4n) is 2.75. The van der Waals surface area contributed by atoms with Gasteiger partial charge in [0.25, 0.3) is 0 Å². The zero-order valence-corrected chi connectivity index (χ0v) is 12.9. The number of rotatable bonds is 5. The molecule has 0 bridgehead atoms. The van der Waals surface area contributed by atoms with Gasteiger partial charge in [-0.3, -0.25) is 4.68 Å². The van der Waals surface area contributed by atoms with Crippen molar-refractivity contribution in [3.05, 3.63) is 30.0 Å². The number of hydrogen-bond donors (Lipinski definition) is 1. The van der Waals surface area contributed by atoms with Crippen molar-refractivity contribution in [1.82, 2.24) is 14.8 Å². The first-order chi connectivity index (χ1) is 10.2. The number of hydrogen-bond acceptors (Lipinski definition) is 3. The van der Waals surface area contributed by atoms with Crippen LogP contribution in [0.1, 0.15) is 25.3 Å². The third-order valence-corrected chi connectivity index (χ3v) is 4.06. The van der Waals surface area contributed by atoms with Gasteiger partial charge in [-0.05, 0) is 37.8 Å². The lowest BCUT2D eigenvalue weighted by atomic mass is 10.0. The number of alkyl halides is 1. The Balaban J connectivity index is 2.22. The number of benzene rings is 1. The smallest absolute Gasteiger partial charge is 0.152 e. The summed E-state index contributed by atoms with van der Waals surface area (Å²) in [6.45, 7) is 2.89. The maximum Gasteiger partial charge on any atom is 0.152 e. The van der Waals surface area contributed by atoms with Crippen LogP contribution in [0.2, 0.25) is 0 Å². The number of nitrogens with zero attached hydrogens (tertiary/aromatic N) is 3. The van der Waals surface area contributed by atoms with Gasteiger partial charge in [0.05, 0.1) is 5.52 Å². The zero-order valence-electron chi connectivity index (χ0n) is 12.1. The predicted octanol–water partition coefficient (Wildman–Crippen LogP) is 3.75. The molecule has 0 saturated heterocycles. The fraction of sp³-hybridized carbons (Fsp3) is 0.375. The second kappa shape index (κ2) is 5.90. The quantitative estimate of drug-likeness (QED) is 0.577. The molecule has 110 valence electrons. The lowest BCUT2D eigenvalue weighted by molar-refractivity contribution is 0.668. The summed E-state index contributed by atoms with van der Waals surface area (Å²) in [6.07, 6.45) is 5.18. The van der Waals surface area contributed by atoms with Gasteiger partial charge >= 0.3 is 0 Å². The molecule has 0 saturated carbocycles. The molecule has 2 N–H and O–H groups in total. The third kappa shape index (κ3) is 2.56. The highest BCUT2D eigenvalue weighted by molar-refractivity contribution is 6.17. The van der Waals surface area contributed by atoms with E-state index in [0.29, 0.717) is 11.7 Å². The molecule has 0 radical (unpaired) electrons. The summed E-state index contributed by atoms with van der Waals surface area (Å²) in [6, 6.07) is 6.22. The Kier molecular flexibility index (Phi) is 3.97. The number of anilines is 1. The Morgan fingerprint density at radius 2 is 2.14 bits per heavy atom. The predicted molar refractivity (Wildman–Crippen MR) is 88.8 cm³/mol. The molecule has 21 heavy (non-hydrogen) atoms. The van der Waals surface area contributed by atoms with Gasteiger partial charge in [-0.1, -0.05) is 12.1 Å². The Hall–Kier alpha value is -1.81. The summed E-state index contributed by atoms with van der Waals surface area (Å²) in [5.74, 6) is 1.21. The molecular weight excluding hydrogens is 284 g/mol. The molecule has 4 nitrogen and oxygen atoms in total. The number of nitrogen functional groups attached to an aromatic ring is 1. The lowest BCUT2D eigenvalue weighted by Crippen LogP contribution is -1.96. The number of unbranched alkanes of at least 4 members (excludes halogenated alkanes) is 1. The van der Waals surface area contributed by atoms with Crippen LogP contribution in [0.15, 0.2) is 24.4 Å². The molecule has 2 aromatic heterocycles. The van der Waals surface area contributed by atoms with E-state index in [0.717, 1.165) is 42.2 Å². The van der Waals surface area contributed by atoms with Crippen molar-refractivity contribution in [2.75, 3.05) is 11.6 Å². The molecule has 2 heterocycles. The average Bonchev–Trinajstić information content (AvgIpc) is 2.92. The zero-order chi connectivity index (χ0) is 14.8. The van der Waals surface area contributed by atoms with Crippen LogP contribution in [0.5, 0.6) is 0 Å². The van der Waals surface area contributed by atoms with E-state index < -0.39 is 0 Å². The van der Waals surface area contributed by atoms with E-state index in [9.17, 15) is 0 Å². The van der Waals surface area contributed by atoms with Gasteiger partial charge < -0.3 is 5.73 Å². The number of aromatic nitrogens is 3. The first-order valence-corrected chi connectivity index (χ1v) is 7.88. The number of halogens is 1. The van der Waals surface area contributed by atoms with Crippen LogP contribution in [0.4, 0.5) is 5.82 Å². The van der Waals surface area contributed by atoms with Crippen molar-refractivity contribution in [3.63, 3.8) is 0 Å². The molecule has 0 fully saturated rings. The highest BCUT2D eigenvalue weighted by Crippen LogP contribution is 2.30. The van der Waals surface area contributed by atoms with Gasteiger partial charge in [0, 0.05) is 29.4 Å². The van der Waals surface area contributed by atoms with E-state index >= 15 is 0 Å². The highest BCUT2D eigenvalue weighted by atomic mass is 35.5. The summed E-state index contributed by atoms with van der Waals surface area (Å²) < 4.78 is 1.91. The molecule has 1 aromatic carbocycles. The number of aryl methyl sites for hydroxylation is 2. The Morgan fingerprint density at radius 3 is 2.90 bits per heavy atom. The molecular formula is C16H19ClN4. The summed E-state index contributed by atoms with van der Waals surface area (Å²) in [4.78, 5) is 4.52. The second-order valence-electron chi connectivity index (χ2n) is 5.20. The standard InChI is InChI=1S/C16H19ClN4/c1-2-21-10-12-14-11(6-3-4-9-17)7-5-8-13(14)19-16(18)15(12)20-21/h5,7-8,10H,2-4,6,9H2,1H3,(H2,18,19). The van der Waals surface area contributed by atoms with Gasteiger partial charge in [-0.25, -0.2) is 4.98 Å². The molecule has 0 spiro atoms. The van der Waals surface area contributed by atoms with Gasteiger partial charge in [0.1, 0.15) is 5.52 Å². The van der Waals surface area contributed by atoms with Crippen molar-refractivity contribution in [2.24, 2.45) is 0 Å². The highest BCUT2D eigenvalue weighted by Gasteiger charge is 2.13. The molecule has 0 aliphatic heterocycles. The summed E-state index contributed by atoms with van der Waals surface area (Å²) in [5, 5.41) is 6.80. The molecule has 5 heteroatoms. The van der Waals surface area contributed by atoms with Crippen LogP contribution in [-0.4, -0.2) is 20.6 Å². The fourth-order valence-corrected chi connectivity index (χ4v) is 2.94. The molecule has 3 aromatic rings. The van der Waals surface area contributed by atoms with Gasteiger partial charge in [0.15, 0.2) is 5.82 Å². The first kappa shape index (κ1) is 14.1. The Bertz CT molecular complexity index is 779. The number of fused-ring (bicyclic) bond motifs is 3. The number of nitrogens with two attached hydrogens (primary N) is 1. The molecule has 0 unspecified atom stereocenters. The van der Waals surface area contributed by atoms with Crippen molar-refractivity contribution in [3.8, 4) is 0 Å². The van der Waals surface area contributed by atoms with Gasteiger partial charge in [-0.2, -0.15) is 5.10 Å². The van der Waals surface area contributed by atoms with E-state index in [-0.39, 0.29) is 0 Å². The van der Waals surface area contributed by atoms with Gasteiger partial charge in [-0.15, -0.1) is 11.6 Å². The normalized spacial score (nSPS) is 11.5. The molecule has 0 amide bonds. The first-order valence-electron chi connectivity index (χ1n) is 7.34. The Labute approximate surface area is 128 Å². The largest absolute Gasteiger partial charge is 0.382 e. The topological polar surface area (TPSA) is 56.7 Å². The van der Waals surface area contributed by atoms with Crippen molar-refractivity contribution >= 4 is 39.2 Å². The lowest BCUT2D eigenvalue weighted by Gasteiger charge is -2.07. The van der Waals surface area contributed by atoms with Crippen LogP contribution in [0.25, 0.3) is 21.8 Å². The van der Waals surface area contributed by atoms with E-state index in [1.54, 1.807) is 0 Å². The SMILES string of the molecule is CCn1cc2c(n1)c(N)nc1cccc(CCCCCl)c12. The monoisotopic (exact) mass is 302 g/mol. The van der Waals surface area contributed by atoms with E-state index in [2.05, 4.69) is 29.3 Å². The third-order valence-electron chi connectivity index (χ3n) is 3.80. The van der Waals surface area contributed by atoms with Crippen LogP contribution in [0.3, 0.4) is 0 Å². The van der Waals surface area contributed by atoms with Crippen molar-refractivity contribution in [2.45, 2.75) is 32.7 Å². The van der Waals surface area contributed by atoms with Crippen molar-refractivity contribution < 1.29 is 0 Å². The summed E-state index contributed by atoms with van der Waals surface area (Å²) >= 11 is 5.78.